The first-order valence-electron chi connectivity index (χ1n) is 8.01. The van der Waals surface area contributed by atoms with Gasteiger partial charge in [-0.15, -0.1) is 0 Å². The predicted molar refractivity (Wildman–Crippen MR) is 107 cm³/mol. The zero-order valence-corrected chi connectivity index (χ0v) is 16.6. The van der Waals surface area contributed by atoms with Gasteiger partial charge >= 0.3 is 0 Å². The van der Waals surface area contributed by atoms with Gasteiger partial charge in [0.2, 0.25) is 0 Å². The highest BCUT2D eigenvalue weighted by Crippen LogP contribution is 2.39. The fraction of sp³-hybridized carbons (Fsp3) is 0.278. The lowest BCUT2D eigenvalue weighted by molar-refractivity contribution is 0.602. The summed E-state index contributed by atoms with van der Waals surface area (Å²) in [5.41, 5.74) is 3.66. The van der Waals surface area contributed by atoms with Gasteiger partial charge in [-0.05, 0) is 43.0 Å². The molecule has 2 aromatic heterocycles. The van der Waals surface area contributed by atoms with E-state index >= 15 is 0 Å². The Kier molecular flexibility index (Phi) is 4.77. The summed E-state index contributed by atoms with van der Waals surface area (Å²) in [5.74, 6) is 0.842. The molecule has 0 saturated carbocycles. The number of rotatable bonds is 4. The molecule has 0 bridgehead atoms. The molecule has 1 aromatic carbocycles. The molecule has 1 aliphatic rings. The van der Waals surface area contributed by atoms with Crippen LogP contribution in [0.4, 0.5) is 4.39 Å². The molecule has 1 unspecified atom stereocenters. The maximum Gasteiger partial charge on any atom is 0.187 e. The Morgan fingerprint density at radius 1 is 1.24 bits per heavy atom. The van der Waals surface area contributed by atoms with Crippen LogP contribution in [0.3, 0.4) is 0 Å². The zero-order chi connectivity index (χ0) is 17.4. The van der Waals surface area contributed by atoms with E-state index in [0.717, 1.165) is 50.9 Å². The maximum absolute atomic E-state index is 13.4. The van der Waals surface area contributed by atoms with Gasteiger partial charge < -0.3 is 4.57 Å². The summed E-state index contributed by atoms with van der Waals surface area (Å²) < 4.78 is 16.7. The van der Waals surface area contributed by atoms with Crippen LogP contribution < -0.4 is 0 Å². The van der Waals surface area contributed by atoms with Gasteiger partial charge in [-0.2, -0.15) is 0 Å². The van der Waals surface area contributed by atoms with Gasteiger partial charge in [-0.3, -0.25) is 0 Å². The zero-order valence-electron chi connectivity index (χ0n) is 13.6. The summed E-state index contributed by atoms with van der Waals surface area (Å²) in [4.78, 5) is 13.9. The summed E-state index contributed by atoms with van der Waals surface area (Å²) in [7, 11) is 0. The minimum Gasteiger partial charge on any atom is -0.322 e. The minimum atomic E-state index is -0.242. The number of halogens is 2. The molecule has 0 fully saturated rings. The molecule has 25 heavy (non-hydrogen) atoms. The molecule has 0 spiro atoms. The number of alkyl halides is 1. The van der Waals surface area contributed by atoms with Gasteiger partial charge in [-0.25, -0.2) is 19.3 Å². The lowest BCUT2D eigenvalue weighted by atomic mass is 10.1. The summed E-state index contributed by atoms with van der Waals surface area (Å²) in [6.07, 6.45) is 5.82. The Balaban J connectivity index is 1.94. The normalized spacial score (nSPS) is 16.2. The molecule has 0 N–H and O–H groups in total. The van der Waals surface area contributed by atoms with Crippen LogP contribution >= 0.6 is 34.4 Å². The summed E-state index contributed by atoms with van der Waals surface area (Å²) in [6, 6.07) is 8.87. The molecule has 0 saturated heterocycles. The topological polar surface area (TPSA) is 43.6 Å². The van der Waals surface area contributed by atoms with Gasteiger partial charge in [0.25, 0.3) is 0 Å². The number of benzene rings is 1. The van der Waals surface area contributed by atoms with E-state index in [2.05, 4.69) is 32.1 Å². The average Bonchev–Trinajstić information content (AvgIpc) is 3.21. The Bertz CT molecular complexity index is 910. The standard InChI is InChI=1S/C18H16FIN4S/c1-25-18-21-9-8-14(22-18)17-16(11-2-4-12(19)5-3-11)23-15-7-6-13(10-20)24(15)17/h2-5,8-9,13H,6-7,10H2,1H3. The van der Waals surface area contributed by atoms with Crippen LogP contribution in [-0.2, 0) is 6.42 Å². The van der Waals surface area contributed by atoms with E-state index in [-0.39, 0.29) is 5.82 Å². The Labute approximate surface area is 163 Å². The Hall–Kier alpha value is -1.48. The van der Waals surface area contributed by atoms with Crippen LogP contribution in [0.2, 0.25) is 0 Å². The first-order chi connectivity index (χ1) is 12.2. The van der Waals surface area contributed by atoms with Crippen molar-refractivity contribution in [3.8, 4) is 22.6 Å². The maximum atomic E-state index is 13.4. The number of hydrogen-bond donors (Lipinski definition) is 0. The number of aryl methyl sites for hydroxylation is 1. The van der Waals surface area contributed by atoms with E-state index in [4.69, 9.17) is 9.97 Å². The van der Waals surface area contributed by atoms with Crippen LogP contribution in [0.15, 0.2) is 41.7 Å². The van der Waals surface area contributed by atoms with E-state index in [9.17, 15) is 4.39 Å². The van der Waals surface area contributed by atoms with Crippen molar-refractivity contribution in [1.82, 2.24) is 19.5 Å². The Morgan fingerprint density at radius 3 is 2.76 bits per heavy atom. The molecule has 0 radical (unpaired) electrons. The molecular weight excluding hydrogens is 450 g/mol. The van der Waals surface area contributed by atoms with Crippen molar-refractivity contribution in [3.05, 3.63) is 48.2 Å². The minimum absolute atomic E-state index is 0.242. The first-order valence-corrected chi connectivity index (χ1v) is 10.8. The second-order valence-electron chi connectivity index (χ2n) is 5.88. The quantitative estimate of drug-likeness (QED) is 0.240. The fourth-order valence-corrected chi connectivity index (χ4v) is 4.43. The molecule has 0 aliphatic carbocycles. The van der Waals surface area contributed by atoms with Crippen molar-refractivity contribution in [1.29, 1.82) is 0 Å². The third-order valence-corrected chi connectivity index (χ3v) is 5.98. The third-order valence-electron chi connectivity index (χ3n) is 4.40. The van der Waals surface area contributed by atoms with Crippen LogP contribution in [0.5, 0.6) is 0 Å². The average molecular weight is 466 g/mol. The van der Waals surface area contributed by atoms with Crippen molar-refractivity contribution >= 4 is 34.4 Å². The number of nitrogens with zero attached hydrogens (tertiary/aromatic N) is 4. The van der Waals surface area contributed by atoms with Crippen molar-refractivity contribution in [3.63, 3.8) is 0 Å². The number of fused-ring (bicyclic) bond motifs is 1. The largest absolute Gasteiger partial charge is 0.322 e. The first kappa shape index (κ1) is 17.0. The summed E-state index contributed by atoms with van der Waals surface area (Å²) in [6.45, 7) is 0. The number of aromatic nitrogens is 4. The van der Waals surface area contributed by atoms with Crippen molar-refractivity contribution in [2.45, 2.75) is 24.0 Å². The van der Waals surface area contributed by atoms with E-state index in [0.29, 0.717) is 6.04 Å². The van der Waals surface area contributed by atoms with Crippen LogP contribution in [0.1, 0.15) is 18.3 Å². The molecule has 1 atom stereocenters. The van der Waals surface area contributed by atoms with E-state index in [1.807, 2.05) is 12.3 Å². The molecule has 3 heterocycles. The molecule has 0 amide bonds. The SMILES string of the molecule is CSc1nccc(-c2c(-c3ccc(F)cc3)nc3n2C(CI)CC3)n1. The highest BCUT2D eigenvalue weighted by atomic mass is 127. The van der Waals surface area contributed by atoms with E-state index in [1.54, 1.807) is 18.3 Å². The second-order valence-corrected chi connectivity index (χ2v) is 7.53. The van der Waals surface area contributed by atoms with Gasteiger partial charge in [0.05, 0.1) is 17.1 Å². The molecule has 3 aromatic rings. The molecule has 4 nitrogen and oxygen atoms in total. The van der Waals surface area contributed by atoms with Crippen molar-refractivity contribution in [2.75, 3.05) is 10.7 Å². The summed E-state index contributed by atoms with van der Waals surface area (Å²) in [5, 5.41) is 0.738. The van der Waals surface area contributed by atoms with Crippen molar-refractivity contribution in [2.24, 2.45) is 0 Å². The smallest absolute Gasteiger partial charge is 0.187 e. The molecule has 7 heteroatoms. The molecule has 1 aliphatic heterocycles. The van der Waals surface area contributed by atoms with Gasteiger partial charge in [0.1, 0.15) is 11.6 Å². The lowest BCUT2D eigenvalue weighted by Crippen LogP contribution is -2.08. The monoisotopic (exact) mass is 466 g/mol. The van der Waals surface area contributed by atoms with Crippen molar-refractivity contribution < 1.29 is 4.39 Å². The molecule has 4 rings (SSSR count). The van der Waals surface area contributed by atoms with Crippen LogP contribution in [0.25, 0.3) is 22.6 Å². The van der Waals surface area contributed by atoms with Gasteiger partial charge in [0, 0.05) is 28.7 Å². The number of hydrogen-bond acceptors (Lipinski definition) is 4. The lowest BCUT2D eigenvalue weighted by Gasteiger charge is -2.15. The predicted octanol–water partition coefficient (Wildman–Crippen LogP) is 4.79. The van der Waals surface area contributed by atoms with Gasteiger partial charge in [0.15, 0.2) is 5.16 Å². The third kappa shape index (κ3) is 3.08. The van der Waals surface area contributed by atoms with E-state index in [1.165, 1.54) is 23.9 Å². The molecule has 128 valence electrons. The highest BCUT2D eigenvalue weighted by molar-refractivity contribution is 14.1. The van der Waals surface area contributed by atoms with Crippen LogP contribution in [-0.4, -0.2) is 30.2 Å². The van der Waals surface area contributed by atoms with Gasteiger partial charge in [-0.1, -0.05) is 34.4 Å². The number of imidazole rings is 1. The summed E-state index contributed by atoms with van der Waals surface area (Å²) >= 11 is 3.95. The molecular formula is C18H16FIN4S. The van der Waals surface area contributed by atoms with E-state index < -0.39 is 0 Å². The Morgan fingerprint density at radius 2 is 2.04 bits per heavy atom. The second kappa shape index (κ2) is 7.03. The van der Waals surface area contributed by atoms with Crippen LogP contribution in [0, 0.1) is 5.82 Å². The number of thioether (sulfide) groups is 1. The highest BCUT2D eigenvalue weighted by Gasteiger charge is 2.30. The fourth-order valence-electron chi connectivity index (χ4n) is 3.24.